The van der Waals surface area contributed by atoms with Crippen molar-refractivity contribution < 1.29 is 9.90 Å². The first kappa shape index (κ1) is 8.16. The third-order valence-corrected chi connectivity index (χ3v) is 2.60. The number of carbonyl (C=O) groups is 1. The summed E-state index contributed by atoms with van der Waals surface area (Å²) in [6, 6.07) is 0. The van der Waals surface area contributed by atoms with Crippen LogP contribution in [0.3, 0.4) is 0 Å². The van der Waals surface area contributed by atoms with Gasteiger partial charge in [0.25, 0.3) is 0 Å². The van der Waals surface area contributed by atoms with Crippen molar-refractivity contribution in [3.63, 3.8) is 0 Å². The maximum atomic E-state index is 10.7. The van der Waals surface area contributed by atoms with E-state index in [1.165, 1.54) is 6.33 Å². The predicted octanol–water partition coefficient (Wildman–Crippen LogP) is 1.05. The second-order valence-electron chi connectivity index (χ2n) is 3.30. The molecule has 68 valence electrons. The number of aromatic nitrogens is 2. The number of hydrogen-bond acceptors (Lipinski definition) is 3. The Kier molecular flexibility index (Phi) is 1.96. The Morgan fingerprint density at radius 3 is 2.54 bits per heavy atom. The van der Waals surface area contributed by atoms with E-state index in [2.05, 4.69) is 9.97 Å². The summed E-state index contributed by atoms with van der Waals surface area (Å²) in [6.07, 6.45) is 6.57. The monoisotopic (exact) mass is 178 g/mol. The molecule has 0 aliphatic heterocycles. The number of hydrogen-bond donors (Lipinski definition) is 1. The number of nitrogens with zero attached hydrogens (tertiary/aromatic N) is 2. The molecule has 0 radical (unpaired) electrons. The van der Waals surface area contributed by atoms with Gasteiger partial charge in [-0.05, 0) is 18.4 Å². The number of carboxylic acids is 1. The summed E-state index contributed by atoms with van der Waals surface area (Å²) in [6.45, 7) is 0. The maximum Gasteiger partial charge on any atom is 0.307 e. The van der Waals surface area contributed by atoms with E-state index in [1.807, 2.05) is 0 Å². The molecular formula is C9H10N2O2. The van der Waals surface area contributed by atoms with Crippen LogP contribution < -0.4 is 0 Å². The summed E-state index contributed by atoms with van der Waals surface area (Å²) in [4.78, 5) is 18.5. The summed E-state index contributed by atoms with van der Waals surface area (Å²) in [7, 11) is 0. The van der Waals surface area contributed by atoms with E-state index >= 15 is 0 Å². The highest BCUT2D eigenvalue weighted by Crippen LogP contribution is 2.41. The van der Waals surface area contributed by atoms with Gasteiger partial charge in [-0.2, -0.15) is 0 Å². The molecule has 0 aromatic carbocycles. The third-order valence-electron chi connectivity index (χ3n) is 2.60. The Hall–Kier alpha value is -1.45. The van der Waals surface area contributed by atoms with Gasteiger partial charge in [0.05, 0.1) is 5.92 Å². The lowest BCUT2D eigenvalue weighted by molar-refractivity contribution is -0.145. The Morgan fingerprint density at radius 1 is 1.38 bits per heavy atom. The molecule has 13 heavy (non-hydrogen) atoms. The standard InChI is InChI=1S/C9H10N2O2/c12-9(13)8-2-1-7(8)6-3-10-5-11-4-6/h3-5,7-8H,1-2H2,(H,12,13). The van der Waals surface area contributed by atoms with Crippen LogP contribution in [0.4, 0.5) is 0 Å². The van der Waals surface area contributed by atoms with Crippen LogP contribution in [0.25, 0.3) is 0 Å². The van der Waals surface area contributed by atoms with Gasteiger partial charge in [-0.3, -0.25) is 4.79 Å². The molecule has 0 spiro atoms. The van der Waals surface area contributed by atoms with Crippen molar-refractivity contribution in [2.24, 2.45) is 5.92 Å². The lowest BCUT2D eigenvalue weighted by Gasteiger charge is -2.32. The first-order valence-electron chi connectivity index (χ1n) is 4.27. The topological polar surface area (TPSA) is 63.1 Å². The summed E-state index contributed by atoms with van der Waals surface area (Å²) in [5.41, 5.74) is 0.946. The van der Waals surface area contributed by atoms with Crippen LogP contribution in [-0.2, 0) is 4.79 Å². The van der Waals surface area contributed by atoms with Gasteiger partial charge >= 0.3 is 5.97 Å². The predicted molar refractivity (Wildman–Crippen MR) is 45.1 cm³/mol. The van der Waals surface area contributed by atoms with Crippen LogP contribution in [-0.4, -0.2) is 21.0 Å². The van der Waals surface area contributed by atoms with E-state index in [0.29, 0.717) is 0 Å². The molecule has 1 saturated carbocycles. The fourth-order valence-electron chi connectivity index (χ4n) is 1.70. The SMILES string of the molecule is O=C(O)C1CCC1c1cncnc1. The highest BCUT2D eigenvalue weighted by Gasteiger charge is 2.37. The van der Waals surface area contributed by atoms with Gasteiger partial charge in [-0.15, -0.1) is 0 Å². The van der Waals surface area contributed by atoms with Gasteiger partial charge in [-0.25, -0.2) is 9.97 Å². The Balaban J connectivity index is 2.15. The van der Waals surface area contributed by atoms with Crippen molar-refractivity contribution >= 4 is 5.97 Å². The summed E-state index contributed by atoms with van der Waals surface area (Å²) in [5, 5.41) is 8.82. The number of aliphatic carboxylic acids is 1. The average molecular weight is 178 g/mol. The summed E-state index contributed by atoms with van der Waals surface area (Å²) >= 11 is 0. The summed E-state index contributed by atoms with van der Waals surface area (Å²) in [5.74, 6) is -0.815. The lowest BCUT2D eigenvalue weighted by Crippen LogP contribution is -2.31. The van der Waals surface area contributed by atoms with Crippen LogP contribution in [0.5, 0.6) is 0 Å². The van der Waals surface area contributed by atoms with E-state index in [0.717, 1.165) is 18.4 Å². The molecule has 0 bridgehead atoms. The van der Waals surface area contributed by atoms with Gasteiger partial charge in [0.15, 0.2) is 0 Å². The Bertz CT molecular complexity index is 313. The van der Waals surface area contributed by atoms with Crippen molar-refractivity contribution in [2.45, 2.75) is 18.8 Å². The average Bonchev–Trinajstić information content (AvgIpc) is 2.02. The smallest absolute Gasteiger partial charge is 0.307 e. The van der Waals surface area contributed by atoms with Gasteiger partial charge < -0.3 is 5.11 Å². The van der Waals surface area contributed by atoms with Gasteiger partial charge in [0.2, 0.25) is 0 Å². The first-order valence-corrected chi connectivity index (χ1v) is 4.27. The van der Waals surface area contributed by atoms with E-state index in [4.69, 9.17) is 5.11 Å². The normalized spacial score (nSPS) is 26.5. The molecule has 1 aromatic heterocycles. The van der Waals surface area contributed by atoms with Crippen molar-refractivity contribution in [1.29, 1.82) is 0 Å². The maximum absolute atomic E-state index is 10.7. The van der Waals surface area contributed by atoms with Gasteiger partial charge in [0.1, 0.15) is 6.33 Å². The minimum Gasteiger partial charge on any atom is -0.481 e. The minimum atomic E-state index is -0.708. The van der Waals surface area contributed by atoms with E-state index in [-0.39, 0.29) is 11.8 Å². The quantitative estimate of drug-likeness (QED) is 0.735. The molecule has 1 fully saturated rings. The zero-order valence-electron chi connectivity index (χ0n) is 7.05. The van der Waals surface area contributed by atoms with E-state index in [1.54, 1.807) is 12.4 Å². The molecular weight excluding hydrogens is 168 g/mol. The fraction of sp³-hybridized carbons (Fsp3) is 0.444. The first-order chi connectivity index (χ1) is 6.29. The van der Waals surface area contributed by atoms with Crippen molar-refractivity contribution in [2.75, 3.05) is 0 Å². The highest BCUT2D eigenvalue weighted by atomic mass is 16.4. The van der Waals surface area contributed by atoms with Gasteiger partial charge in [-0.1, -0.05) is 0 Å². The number of carboxylic acid groups (broad SMARTS) is 1. The molecule has 2 unspecified atom stereocenters. The Morgan fingerprint density at radius 2 is 2.08 bits per heavy atom. The molecule has 1 aliphatic carbocycles. The second kappa shape index (κ2) is 3.12. The largest absolute Gasteiger partial charge is 0.481 e. The molecule has 1 aliphatic rings. The van der Waals surface area contributed by atoms with Gasteiger partial charge in [0, 0.05) is 18.3 Å². The third kappa shape index (κ3) is 1.39. The Labute approximate surface area is 75.6 Å². The molecule has 4 heteroatoms. The molecule has 1 heterocycles. The summed E-state index contributed by atoms with van der Waals surface area (Å²) < 4.78 is 0. The zero-order valence-corrected chi connectivity index (χ0v) is 7.05. The van der Waals surface area contributed by atoms with Crippen LogP contribution >= 0.6 is 0 Å². The van der Waals surface area contributed by atoms with E-state index < -0.39 is 5.97 Å². The lowest BCUT2D eigenvalue weighted by atomic mass is 9.71. The van der Waals surface area contributed by atoms with Crippen LogP contribution in [0, 0.1) is 5.92 Å². The van der Waals surface area contributed by atoms with Crippen molar-refractivity contribution in [1.82, 2.24) is 9.97 Å². The molecule has 2 rings (SSSR count). The van der Waals surface area contributed by atoms with Crippen LogP contribution in [0.1, 0.15) is 24.3 Å². The van der Waals surface area contributed by atoms with Crippen LogP contribution in [0.2, 0.25) is 0 Å². The van der Waals surface area contributed by atoms with Crippen molar-refractivity contribution in [3.05, 3.63) is 24.3 Å². The molecule has 0 saturated heterocycles. The highest BCUT2D eigenvalue weighted by molar-refractivity contribution is 5.72. The van der Waals surface area contributed by atoms with Crippen LogP contribution in [0.15, 0.2) is 18.7 Å². The molecule has 4 nitrogen and oxygen atoms in total. The molecule has 0 amide bonds. The molecule has 1 aromatic rings. The number of rotatable bonds is 2. The second-order valence-corrected chi connectivity index (χ2v) is 3.30. The molecule has 1 N–H and O–H groups in total. The minimum absolute atomic E-state index is 0.124. The van der Waals surface area contributed by atoms with Crippen molar-refractivity contribution in [3.8, 4) is 0 Å². The zero-order chi connectivity index (χ0) is 9.26. The molecule has 2 atom stereocenters. The van der Waals surface area contributed by atoms with E-state index in [9.17, 15) is 4.79 Å². The fourth-order valence-corrected chi connectivity index (χ4v) is 1.70.